The third kappa shape index (κ3) is 3.37. The Bertz CT molecular complexity index is 93.6. The molecule has 0 aromatic carbocycles. The van der Waals surface area contributed by atoms with Gasteiger partial charge < -0.3 is 5.32 Å². The van der Waals surface area contributed by atoms with Gasteiger partial charge in [0.05, 0.1) is 0 Å². The Morgan fingerprint density at radius 2 is 2.10 bits per heavy atom. The second kappa shape index (κ2) is 4.14. The minimum atomic E-state index is -0.340. The van der Waals surface area contributed by atoms with Gasteiger partial charge in [-0.25, -0.2) is 4.39 Å². The minimum Gasteiger partial charge on any atom is -0.308 e. The van der Waals surface area contributed by atoms with Crippen LogP contribution in [0.15, 0.2) is 0 Å². The molecule has 0 aliphatic carbocycles. The van der Waals surface area contributed by atoms with Crippen molar-refractivity contribution < 1.29 is 4.39 Å². The molecule has 62 valence electrons. The van der Waals surface area contributed by atoms with Crippen molar-refractivity contribution in [1.82, 2.24) is 5.32 Å². The standard InChI is InChI=1S/C7H15ClFN/c1-6(8)7(2,3)10-5-4-9/h6,10H,4-5H2,1-3H3. The fourth-order valence-electron chi connectivity index (χ4n) is 0.510. The summed E-state index contributed by atoms with van der Waals surface area (Å²) in [7, 11) is 0. The summed E-state index contributed by atoms with van der Waals surface area (Å²) in [6.07, 6.45) is 0. The van der Waals surface area contributed by atoms with Crippen molar-refractivity contribution in [2.24, 2.45) is 0 Å². The molecule has 0 aromatic rings. The van der Waals surface area contributed by atoms with Crippen LogP contribution in [0.3, 0.4) is 0 Å². The summed E-state index contributed by atoms with van der Waals surface area (Å²) in [5.74, 6) is 0. The van der Waals surface area contributed by atoms with E-state index in [4.69, 9.17) is 11.6 Å². The third-order valence-electron chi connectivity index (χ3n) is 1.67. The average Bonchev–Trinajstić information content (AvgIpc) is 1.84. The first-order valence-corrected chi connectivity index (χ1v) is 3.89. The van der Waals surface area contributed by atoms with E-state index in [9.17, 15) is 4.39 Å². The van der Waals surface area contributed by atoms with E-state index < -0.39 is 0 Å². The fourth-order valence-corrected chi connectivity index (χ4v) is 0.587. The highest BCUT2D eigenvalue weighted by molar-refractivity contribution is 6.21. The molecule has 1 N–H and O–H groups in total. The molecule has 10 heavy (non-hydrogen) atoms. The van der Waals surface area contributed by atoms with Crippen molar-refractivity contribution in [1.29, 1.82) is 0 Å². The number of hydrogen-bond donors (Lipinski definition) is 1. The van der Waals surface area contributed by atoms with Gasteiger partial charge in [-0.15, -0.1) is 11.6 Å². The third-order valence-corrected chi connectivity index (χ3v) is 2.22. The van der Waals surface area contributed by atoms with Crippen LogP contribution in [-0.4, -0.2) is 24.1 Å². The molecular formula is C7H15ClFN. The normalized spacial score (nSPS) is 15.3. The summed E-state index contributed by atoms with van der Waals surface area (Å²) in [5, 5.41) is 3.01. The second-order valence-corrected chi connectivity index (χ2v) is 3.61. The van der Waals surface area contributed by atoms with Crippen LogP contribution in [0.1, 0.15) is 20.8 Å². The van der Waals surface area contributed by atoms with Gasteiger partial charge >= 0.3 is 0 Å². The van der Waals surface area contributed by atoms with Gasteiger partial charge in [-0.3, -0.25) is 0 Å². The molecule has 0 radical (unpaired) electrons. The van der Waals surface area contributed by atoms with E-state index in [1.165, 1.54) is 0 Å². The Hall–Kier alpha value is 0.180. The molecule has 0 saturated heterocycles. The molecule has 0 aliphatic heterocycles. The van der Waals surface area contributed by atoms with Crippen molar-refractivity contribution in [3.05, 3.63) is 0 Å². The number of hydrogen-bond acceptors (Lipinski definition) is 1. The zero-order valence-corrected chi connectivity index (χ0v) is 7.50. The molecule has 0 heterocycles. The average molecular weight is 168 g/mol. The van der Waals surface area contributed by atoms with Crippen LogP contribution in [0.4, 0.5) is 4.39 Å². The number of rotatable bonds is 4. The quantitative estimate of drug-likeness (QED) is 0.632. The first-order chi connectivity index (χ1) is 4.50. The highest BCUT2D eigenvalue weighted by Gasteiger charge is 2.22. The largest absolute Gasteiger partial charge is 0.308 e. The predicted octanol–water partition coefficient (Wildman–Crippen LogP) is 1.95. The van der Waals surface area contributed by atoms with Gasteiger partial charge in [0, 0.05) is 17.5 Å². The Morgan fingerprint density at radius 3 is 2.40 bits per heavy atom. The van der Waals surface area contributed by atoms with E-state index in [1.807, 2.05) is 20.8 Å². The highest BCUT2D eigenvalue weighted by atomic mass is 35.5. The summed E-state index contributed by atoms with van der Waals surface area (Å²) in [6.45, 7) is 5.85. The van der Waals surface area contributed by atoms with Crippen molar-refractivity contribution in [3.63, 3.8) is 0 Å². The van der Waals surface area contributed by atoms with E-state index in [0.29, 0.717) is 6.54 Å². The maximum absolute atomic E-state index is 11.7. The lowest BCUT2D eigenvalue weighted by Gasteiger charge is -2.28. The summed E-state index contributed by atoms with van der Waals surface area (Å²) in [5.41, 5.74) is -0.173. The predicted molar refractivity (Wildman–Crippen MR) is 43.4 cm³/mol. The monoisotopic (exact) mass is 167 g/mol. The first-order valence-electron chi connectivity index (χ1n) is 3.46. The maximum atomic E-state index is 11.7. The molecule has 0 aromatic heterocycles. The summed E-state index contributed by atoms with van der Waals surface area (Å²) in [4.78, 5) is 0. The Balaban J connectivity index is 3.63. The van der Waals surface area contributed by atoms with E-state index in [1.54, 1.807) is 0 Å². The van der Waals surface area contributed by atoms with Crippen LogP contribution in [0, 0.1) is 0 Å². The molecule has 0 amide bonds. The second-order valence-electron chi connectivity index (χ2n) is 2.95. The van der Waals surface area contributed by atoms with Crippen LogP contribution in [0.25, 0.3) is 0 Å². The lowest BCUT2D eigenvalue weighted by atomic mass is 10.0. The molecule has 0 aliphatic rings. The summed E-state index contributed by atoms with van der Waals surface area (Å²) < 4.78 is 11.7. The van der Waals surface area contributed by atoms with Gasteiger partial charge in [-0.2, -0.15) is 0 Å². The Kier molecular flexibility index (Phi) is 4.22. The molecule has 0 rings (SSSR count). The molecule has 3 heteroatoms. The van der Waals surface area contributed by atoms with Gasteiger partial charge in [-0.05, 0) is 20.8 Å². The van der Waals surface area contributed by atoms with Crippen molar-refractivity contribution in [2.75, 3.05) is 13.2 Å². The summed E-state index contributed by atoms with van der Waals surface area (Å²) in [6, 6.07) is 0. The number of nitrogens with one attached hydrogen (secondary N) is 1. The van der Waals surface area contributed by atoms with Crippen molar-refractivity contribution >= 4 is 11.6 Å². The first kappa shape index (κ1) is 10.2. The molecule has 0 bridgehead atoms. The van der Waals surface area contributed by atoms with Crippen LogP contribution < -0.4 is 5.32 Å². The van der Waals surface area contributed by atoms with Crippen LogP contribution >= 0.6 is 11.6 Å². The smallest absolute Gasteiger partial charge is 0.102 e. The zero-order chi connectivity index (χ0) is 8.20. The van der Waals surface area contributed by atoms with Gasteiger partial charge in [0.1, 0.15) is 6.67 Å². The highest BCUT2D eigenvalue weighted by Crippen LogP contribution is 2.13. The van der Waals surface area contributed by atoms with Crippen molar-refractivity contribution in [3.8, 4) is 0 Å². The van der Waals surface area contributed by atoms with E-state index in [-0.39, 0.29) is 17.6 Å². The SMILES string of the molecule is CC(Cl)C(C)(C)NCCF. The van der Waals surface area contributed by atoms with Crippen LogP contribution in [0.2, 0.25) is 0 Å². The molecule has 1 atom stereocenters. The minimum absolute atomic E-state index is 0.0130. The van der Waals surface area contributed by atoms with Crippen LogP contribution in [-0.2, 0) is 0 Å². The molecule has 0 spiro atoms. The molecule has 0 saturated carbocycles. The zero-order valence-electron chi connectivity index (χ0n) is 6.75. The van der Waals surface area contributed by atoms with Crippen molar-refractivity contribution in [2.45, 2.75) is 31.7 Å². The molecule has 0 fully saturated rings. The topological polar surface area (TPSA) is 12.0 Å². The van der Waals surface area contributed by atoms with E-state index in [2.05, 4.69) is 5.32 Å². The van der Waals surface area contributed by atoms with Gasteiger partial charge in [0.2, 0.25) is 0 Å². The molecule has 1 unspecified atom stereocenters. The number of halogens is 2. The lowest BCUT2D eigenvalue weighted by Crippen LogP contribution is -2.46. The van der Waals surface area contributed by atoms with E-state index in [0.717, 1.165) is 0 Å². The molecule has 1 nitrogen and oxygen atoms in total. The fraction of sp³-hybridized carbons (Fsp3) is 1.00. The van der Waals surface area contributed by atoms with Gasteiger partial charge in [0.15, 0.2) is 0 Å². The van der Waals surface area contributed by atoms with Crippen LogP contribution in [0.5, 0.6) is 0 Å². The van der Waals surface area contributed by atoms with Gasteiger partial charge in [-0.1, -0.05) is 0 Å². The summed E-state index contributed by atoms with van der Waals surface area (Å²) >= 11 is 5.82. The maximum Gasteiger partial charge on any atom is 0.102 e. The Morgan fingerprint density at radius 1 is 1.60 bits per heavy atom. The molecular weight excluding hydrogens is 153 g/mol. The van der Waals surface area contributed by atoms with E-state index >= 15 is 0 Å². The van der Waals surface area contributed by atoms with Gasteiger partial charge in [0.25, 0.3) is 0 Å². The lowest BCUT2D eigenvalue weighted by molar-refractivity contribution is 0.352. The Labute approximate surface area is 66.9 Å². The number of alkyl halides is 2.